The van der Waals surface area contributed by atoms with Gasteiger partial charge in [-0.05, 0) is 26.7 Å². The van der Waals surface area contributed by atoms with Crippen LogP contribution < -0.4 is 0 Å². The minimum Gasteiger partial charge on any atom is -0.347 e. The van der Waals surface area contributed by atoms with E-state index < -0.39 is 11.6 Å². The maximum Gasteiger partial charge on any atom is 0.166 e. The minimum absolute atomic E-state index is 0.00155. The van der Waals surface area contributed by atoms with Crippen LogP contribution in [-0.4, -0.2) is 37.0 Å². The molecule has 0 spiro atoms. The van der Waals surface area contributed by atoms with Gasteiger partial charge in [-0.1, -0.05) is 13.8 Å². The molecule has 0 aromatic heterocycles. The van der Waals surface area contributed by atoms with E-state index in [0.717, 1.165) is 12.8 Å². The zero-order valence-electron chi connectivity index (χ0n) is 10.6. The van der Waals surface area contributed by atoms with Crippen molar-refractivity contribution in [1.82, 2.24) is 0 Å². The minimum atomic E-state index is -0.445. The molecule has 4 atom stereocenters. The van der Waals surface area contributed by atoms with E-state index in [9.17, 15) is 0 Å². The highest BCUT2D eigenvalue weighted by Gasteiger charge is 2.46. The quantitative estimate of drug-likeness (QED) is 0.743. The second-order valence-corrected chi connectivity index (χ2v) is 4.91. The Morgan fingerprint density at radius 1 is 0.875 bits per heavy atom. The molecule has 0 aliphatic carbocycles. The predicted molar refractivity (Wildman–Crippen MR) is 59.0 cm³/mol. The molecule has 0 amide bonds. The van der Waals surface area contributed by atoms with E-state index in [1.807, 2.05) is 13.8 Å². The van der Waals surface area contributed by atoms with Gasteiger partial charge in [-0.15, -0.1) is 0 Å². The summed E-state index contributed by atoms with van der Waals surface area (Å²) in [5, 5.41) is 0. The molecule has 4 heteroatoms. The van der Waals surface area contributed by atoms with Crippen LogP contribution in [0.5, 0.6) is 0 Å². The second kappa shape index (κ2) is 4.26. The first-order chi connectivity index (χ1) is 7.50. The molecule has 0 aromatic rings. The van der Waals surface area contributed by atoms with Crippen LogP contribution >= 0.6 is 0 Å². The van der Waals surface area contributed by atoms with Crippen molar-refractivity contribution < 1.29 is 18.9 Å². The first-order valence-electron chi connectivity index (χ1n) is 6.14. The van der Waals surface area contributed by atoms with Crippen molar-refractivity contribution in [1.29, 1.82) is 0 Å². The molecule has 2 unspecified atom stereocenters. The lowest BCUT2D eigenvalue weighted by molar-refractivity contribution is -0.189. The van der Waals surface area contributed by atoms with Gasteiger partial charge >= 0.3 is 0 Å². The Hall–Kier alpha value is -0.160. The molecule has 94 valence electrons. The highest BCUT2D eigenvalue weighted by atomic mass is 16.8. The number of rotatable bonds is 3. The van der Waals surface area contributed by atoms with Gasteiger partial charge in [0.25, 0.3) is 0 Å². The molecule has 0 saturated carbocycles. The fraction of sp³-hybridized carbons (Fsp3) is 1.00. The third-order valence-corrected chi connectivity index (χ3v) is 3.61. The molecule has 0 N–H and O–H groups in total. The smallest absolute Gasteiger partial charge is 0.166 e. The highest BCUT2D eigenvalue weighted by Crippen LogP contribution is 2.34. The van der Waals surface area contributed by atoms with Crippen molar-refractivity contribution in [3.8, 4) is 0 Å². The maximum atomic E-state index is 5.89. The van der Waals surface area contributed by atoms with Crippen LogP contribution in [-0.2, 0) is 18.9 Å². The summed E-state index contributed by atoms with van der Waals surface area (Å²) in [6.45, 7) is 9.26. The average Bonchev–Trinajstić information content (AvgIpc) is 2.84. The second-order valence-electron chi connectivity index (χ2n) is 4.91. The van der Waals surface area contributed by atoms with Crippen molar-refractivity contribution in [3.63, 3.8) is 0 Å². The summed E-state index contributed by atoms with van der Waals surface area (Å²) in [7, 11) is 0. The maximum absolute atomic E-state index is 5.89. The zero-order chi connectivity index (χ0) is 11.8. The summed E-state index contributed by atoms with van der Waals surface area (Å²) in [6, 6.07) is 0. The highest BCUT2D eigenvalue weighted by molar-refractivity contribution is 4.85. The Bertz CT molecular complexity index is 231. The van der Waals surface area contributed by atoms with Crippen LogP contribution in [0.15, 0.2) is 0 Å². The molecular weight excluding hydrogens is 208 g/mol. The fourth-order valence-corrected chi connectivity index (χ4v) is 2.03. The van der Waals surface area contributed by atoms with Crippen LogP contribution in [0.3, 0.4) is 0 Å². The lowest BCUT2D eigenvalue weighted by Gasteiger charge is -2.24. The Kier molecular flexibility index (Phi) is 3.27. The van der Waals surface area contributed by atoms with Gasteiger partial charge in [0.15, 0.2) is 11.6 Å². The van der Waals surface area contributed by atoms with Crippen molar-refractivity contribution >= 4 is 0 Å². The fourth-order valence-electron chi connectivity index (χ4n) is 2.03. The molecule has 0 aromatic carbocycles. The summed E-state index contributed by atoms with van der Waals surface area (Å²) >= 11 is 0. The van der Waals surface area contributed by atoms with Gasteiger partial charge < -0.3 is 18.9 Å². The summed E-state index contributed by atoms with van der Waals surface area (Å²) in [5.41, 5.74) is 0. The largest absolute Gasteiger partial charge is 0.347 e. The summed E-state index contributed by atoms with van der Waals surface area (Å²) < 4.78 is 23.1. The lowest BCUT2D eigenvalue weighted by Crippen LogP contribution is -2.35. The van der Waals surface area contributed by atoms with Crippen molar-refractivity contribution in [3.05, 3.63) is 0 Å². The van der Waals surface area contributed by atoms with E-state index in [-0.39, 0.29) is 12.2 Å². The molecule has 2 heterocycles. The molecular formula is C12H22O4. The molecule has 2 saturated heterocycles. The van der Waals surface area contributed by atoms with Crippen LogP contribution in [0, 0.1) is 0 Å². The monoisotopic (exact) mass is 230 g/mol. The van der Waals surface area contributed by atoms with E-state index in [1.165, 1.54) is 0 Å². The Morgan fingerprint density at radius 2 is 1.25 bits per heavy atom. The number of hydrogen-bond donors (Lipinski definition) is 0. The average molecular weight is 230 g/mol. The summed E-state index contributed by atoms with van der Waals surface area (Å²) in [4.78, 5) is 0. The molecule has 4 nitrogen and oxygen atoms in total. The topological polar surface area (TPSA) is 36.9 Å². The van der Waals surface area contributed by atoms with Gasteiger partial charge in [-0.25, -0.2) is 0 Å². The van der Waals surface area contributed by atoms with Gasteiger partial charge in [0, 0.05) is 0 Å². The molecule has 0 radical (unpaired) electrons. The van der Waals surface area contributed by atoms with Gasteiger partial charge in [0.2, 0.25) is 0 Å². The van der Waals surface area contributed by atoms with Gasteiger partial charge in [0.05, 0.1) is 13.2 Å². The normalized spacial score (nSPS) is 48.8. The Morgan fingerprint density at radius 3 is 1.50 bits per heavy atom. The molecule has 2 aliphatic heterocycles. The van der Waals surface area contributed by atoms with E-state index in [4.69, 9.17) is 18.9 Å². The van der Waals surface area contributed by atoms with Crippen LogP contribution in [0.2, 0.25) is 0 Å². The number of hydrogen-bond acceptors (Lipinski definition) is 4. The summed E-state index contributed by atoms with van der Waals surface area (Å²) in [5.74, 6) is -0.890. The first-order valence-corrected chi connectivity index (χ1v) is 6.14. The van der Waals surface area contributed by atoms with Gasteiger partial charge in [-0.3, -0.25) is 0 Å². The zero-order valence-corrected chi connectivity index (χ0v) is 10.6. The van der Waals surface area contributed by atoms with Crippen molar-refractivity contribution in [2.24, 2.45) is 0 Å². The summed E-state index contributed by atoms with van der Waals surface area (Å²) in [6.07, 6.45) is 1.70. The lowest BCUT2D eigenvalue weighted by atomic mass is 10.2. The standard InChI is InChI=1S/C12H22O4/c1-5-11(3)13-7-9(15-11)10-8-14-12(4,6-2)16-10/h9-10H,5-8H2,1-4H3/t9-,10+,11?,12?. The molecule has 2 aliphatic rings. The van der Waals surface area contributed by atoms with Crippen LogP contribution in [0.25, 0.3) is 0 Å². The first kappa shape index (κ1) is 12.3. The van der Waals surface area contributed by atoms with Crippen molar-refractivity contribution in [2.75, 3.05) is 13.2 Å². The van der Waals surface area contributed by atoms with Gasteiger partial charge in [0.1, 0.15) is 12.2 Å². The van der Waals surface area contributed by atoms with Gasteiger partial charge in [-0.2, -0.15) is 0 Å². The molecule has 0 bridgehead atoms. The Balaban J connectivity index is 1.92. The van der Waals surface area contributed by atoms with E-state index in [1.54, 1.807) is 0 Å². The van der Waals surface area contributed by atoms with Crippen LogP contribution in [0.1, 0.15) is 40.5 Å². The van der Waals surface area contributed by atoms with E-state index in [0.29, 0.717) is 13.2 Å². The molecule has 16 heavy (non-hydrogen) atoms. The van der Waals surface area contributed by atoms with E-state index in [2.05, 4.69) is 13.8 Å². The SMILES string of the molecule is CCC1(C)OC[C@@H]([C@H]2COC(C)(CC)O2)O1. The Labute approximate surface area is 97.2 Å². The molecule has 2 fully saturated rings. The third kappa shape index (κ3) is 2.25. The van der Waals surface area contributed by atoms with Crippen molar-refractivity contribution in [2.45, 2.75) is 64.3 Å². The van der Waals surface area contributed by atoms with E-state index >= 15 is 0 Å². The molecule has 2 rings (SSSR count). The van der Waals surface area contributed by atoms with Crippen LogP contribution in [0.4, 0.5) is 0 Å². The number of ether oxygens (including phenoxy) is 4. The third-order valence-electron chi connectivity index (χ3n) is 3.61. The predicted octanol–water partition coefficient (Wildman–Crippen LogP) is 2.07.